The number of hydrogen-bond donors (Lipinski definition) is 1. The quantitative estimate of drug-likeness (QED) is 0.233. The van der Waals surface area contributed by atoms with Crippen LogP contribution in [0.2, 0.25) is 10.0 Å². The Morgan fingerprint density at radius 2 is 1.73 bits per heavy atom. The van der Waals surface area contributed by atoms with E-state index in [1.54, 1.807) is 30.0 Å². The first-order valence-corrected chi connectivity index (χ1v) is 17.0. The predicted octanol–water partition coefficient (Wildman–Crippen LogP) is 7.31. The van der Waals surface area contributed by atoms with Crippen LogP contribution in [0.4, 0.5) is 10.1 Å². The van der Waals surface area contributed by atoms with Crippen LogP contribution >= 0.6 is 23.2 Å². The molecule has 1 heterocycles. The van der Waals surface area contributed by atoms with Gasteiger partial charge in [-0.2, -0.15) is 0 Å². The number of carbonyl (C=O) groups is 2. The molecule has 234 valence electrons. The summed E-state index contributed by atoms with van der Waals surface area (Å²) in [5.41, 5.74) is 0.503. The van der Waals surface area contributed by atoms with Crippen molar-refractivity contribution in [2.24, 2.45) is 11.3 Å². The van der Waals surface area contributed by atoms with E-state index in [-0.39, 0.29) is 42.1 Å². The van der Waals surface area contributed by atoms with Crippen LogP contribution < -0.4 is 4.31 Å². The van der Waals surface area contributed by atoms with Crippen LogP contribution in [0.25, 0.3) is 0 Å². The Hall–Kier alpha value is -3.14. The molecule has 3 aromatic carbocycles. The third-order valence-corrected chi connectivity index (χ3v) is 11.1. The van der Waals surface area contributed by atoms with E-state index in [1.165, 1.54) is 35.5 Å². The van der Waals surface area contributed by atoms with Gasteiger partial charge in [0.1, 0.15) is 5.82 Å². The average Bonchev–Trinajstić information content (AvgIpc) is 3.81. The molecule has 1 aliphatic carbocycles. The molecule has 0 aromatic heterocycles. The van der Waals surface area contributed by atoms with E-state index in [2.05, 4.69) is 0 Å². The number of halogens is 3. The number of amides is 1. The van der Waals surface area contributed by atoms with Gasteiger partial charge in [-0.3, -0.25) is 13.9 Å². The van der Waals surface area contributed by atoms with E-state index in [0.717, 1.165) is 24.0 Å². The van der Waals surface area contributed by atoms with Crippen molar-refractivity contribution in [2.45, 2.75) is 57.5 Å². The highest BCUT2D eigenvalue weighted by Gasteiger charge is 2.55. The molecule has 1 aliphatic heterocycles. The van der Waals surface area contributed by atoms with E-state index in [0.29, 0.717) is 10.0 Å². The third kappa shape index (κ3) is 6.75. The van der Waals surface area contributed by atoms with Crippen molar-refractivity contribution in [3.8, 4) is 0 Å². The Morgan fingerprint density at radius 1 is 1.05 bits per heavy atom. The van der Waals surface area contributed by atoms with E-state index < -0.39 is 45.7 Å². The van der Waals surface area contributed by atoms with Gasteiger partial charge < -0.3 is 10.0 Å². The molecule has 4 atom stereocenters. The fraction of sp³-hybridized carbons (Fsp3) is 0.394. The Labute approximate surface area is 267 Å². The average molecular weight is 662 g/mol. The van der Waals surface area contributed by atoms with Crippen molar-refractivity contribution < 1.29 is 27.5 Å². The molecule has 2 fully saturated rings. The fourth-order valence-corrected chi connectivity index (χ4v) is 7.98. The van der Waals surface area contributed by atoms with Crippen molar-refractivity contribution in [3.05, 3.63) is 99.8 Å². The number of carbonyl (C=O) groups excluding carboxylic acids is 1. The summed E-state index contributed by atoms with van der Waals surface area (Å²) >= 11 is 12.7. The molecule has 11 heteroatoms. The lowest BCUT2D eigenvalue weighted by atomic mass is 9.67. The summed E-state index contributed by atoms with van der Waals surface area (Å²) in [4.78, 5) is 28.6. The maximum absolute atomic E-state index is 14.7. The van der Waals surface area contributed by atoms with Crippen LogP contribution in [-0.2, 0) is 19.6 Å². The molecular weight excluding hydrogens is 626 g/mol. The van der Waals surface area contributed by atoms with Crippen LogP contribution in [0.5, 0.6) is 0 Å². The number of carboxylic acid groups (broad SMARTS) is 1. The highest BCUT2D eigenvalue weighted by Crippen LogP contribution is 2.54. The number of aliphatic carboxylic acids is 1. The van der Waals surface area contributed by atoms with Crippen LogP contribution in [0.15, 0.2) is 72.8 Å². The fourth-order valence-electron chi connectivity index (χ4n) is 6.53. The van der Waals surface area contributed by atoms with Crippen LogP contribution in [0, 0.1) is 17.2 Å². The maximum Gasteiger partial charge on any atom is 0.304 e. The number of sulfonamides is 1. The number of anilines is 1. The van der Waals surface area contributed by atoms with E-state index in [1.807, 2.05) is 30.3 Å². The molecule has 0 radical (unpaired) electrons. The smallest absolute Gasteiger partial charge is 0.304 e. The summed E-state index contributed by atoms with van der Waals surface area (Å²) < 4.78 is 42.7. The van der Waals surface area contributed by atoms with Gasteiger partial charge in [-0.15, -0.1) is 0 Å². The second kappa shape index (κ2) is 12.7. The van der Waals surface area contributed by atoms with Gasteiger partial charge in [-0.25, -0.2) is 12.8 Å². The number of benzene rings is 3. The van der Waals surface area contributed by atoms with Gasteiger partial charge in [0.25, 0.3) is 0 Å². The first-order chi connectivity index (χ1) is 20.8. The SMILES string of the molecule is CCS(=O)(=O)N(C[C@H](C1CC1)N1C(=O)[C@@](C)(CC(=O)O)CC(c2cccc(Cl)c2)[C@H]1c1ccc(Cl)cc1)c1cccc(F)c1. The number of hydrogen-bond acceptors (Lipinski definition) is 4. The summed E-state index contributed by atoms with van der Waals surface area (Å²) in [6.07, 6.45) is 1.37. The van der Waals surface area contributed by atoms with Crippen molar-refractivity contribution in [2.75, 3.05) is 16.6 Å². The molecule has 2 aliphatic rings. The van der Waals surface area contributed by atoms with Crippen molar-refractivity contribution in [1.82, 2.24) is 4.90 Å². The number of piperidine rings is 1. The zero-order valence-corrected chi connectivity index (χ0v) is 26.8. The van der Waals surface area contributed by atoms with Crippen LogP contribution in [0.1, 0.15) is 62.6 Å². The van der Waals surface area contributed by atoms with E-state index in [4.69, 9.17) is 23.2 Å². The molecule has 1 saturated heterocycles. The molecule has 1 N–H and O–H groups in total. The zero-order valence-electron chi connectivity index (χ0n) is 24.5. The minimum Gasteiger partial charge on any atom is -0.481 e. The van der Waals surface area contributed by atoms with Crippen molar-refractivity contribution >= 4 is 50.8 Å². The molecule has 5 rings (SSSR count). The lowest BCUT2D eigenvalue weighted by Gasteiger charge is -2.52. The van der Waals surface area contributed by atoms with Gasteiger partial charge in [0.05, 0.1) is 41.9 Å². The van der Waals surface area contributed by atoms with E-state index >= 15 is 0 Å². The predicted molar refractivity (Wildman–Crippen MR) is 170 cm³/mol. The highest BCUT2D eigenvalue weighted by molar-refractivity contribution is 7.92. The first kappa shape index (κ1) is 32.3. The summed E-state index contributed by atoms with van der Waals surface area (Å²) in [6, 6.07) is 18.7. The van der Waals surface area contributed by atoms with Gasteiger partial charge in [0.2, 0.25) is 15.9 Å². The van der Waals surface area contributed by atoms with Gasteiger partial charge in [0, 0.05) is 16.0 Å². The first-order valence-electron chi connectivity index (χ1n) is 14.6. The second-order valence-corrected chi connectivity index (χ2v) is 15.1. The minimum atomic E-state index is -3.89. The zero-order chi connectivity index (χ0) is 31.8. The van der Waals surface area contributed by atoms with Crippen LogP contribution in [-0.4, -0.2) is 48.6 Å². The molecule has 3 aromatic rings. The highest BCUT2D eigenvalue weighted by atomic mass is 35.5. The molecule has 1 amide bonds. The third-order valence-electron chi connectivity index (χ3n) is 8.80. The minimum absolute atomic E-state index is 0.0379. The second-order valence-electron chi connectivity index (χ2n) is 12.0. The standard InChI is InChI=1S/C33H35Cl2FN2O5S/c1-3-44(42,43)37(27-9-5-8-26(36)17-27)20-29(21-10-11-21)38-31(22-12-14-24(34)15-13-22)28(23-6-4-7-25(35)16-23)18-33(2,32(38)41)19-30(39)40/h4-9,12-17,21,28-29,31H,3,10-11,18-20H2,1-2H3,(H,39,40)/t28?,29-,31-,33-/m1/s1. The molecular formula is C33H35Cl2FN2O5S. The normalized spacial score (nSPS) is 22.9. The maximum atomic E-state index is 14.7. The number of rotatable bonds is 11. The lowest BCUT2D eigenvalue weighted by Crippen LogP contribution is -2.59. The Kier molecular flexibility index (Phi) is 9.31. The Morgan fingerprint density at radius 3 is 2.32 bits per heavy atom. The van der Waals surface area contributed by atoms with Crippen LogP contribution in [0.3, 0.4) is 0 Å². The molecule has 0 spiro atoms. The van der Waals surface area contributed by atoms with Crippen molar-refractivity contribution in [1.29, 1.82) is 0 Å². The molecule has 1 saturated carbocycles. The van der Waals surface area contributed by atoms with Gasteiger partial charge in [-0.1, -0.05) is 60.5 Å². The lowest BCUT2D eigenvalue weighted by molar-refractivity contribution is -0.160. The van der Waals surface area contributed by atoms with Gasteiger partial charge >= 0.3 is 5.97 Å². The summed E-state index contributed by atoms with van der Waals surface area (Å²) in [6.45, 7) is 3.09. The number of carboxylic acids is 1. The summed E-state index contributed by atoms with van der Waals surface area (Å²) in [5, 5.41) is 11.0. The van der Waals surface area contributed by atoms with E-state index in [9.17, 15) is 27.5 Å². The van der Waals surface area contributed by atoms with Gasteiger partial charge in [-0.05, 0) is 85.7 Å². The topological polar surface area (TPSA) is 95.0 Å². The Bertz CT molecular complexity index is 1650. The summed E-state index contributed by atoms with van der Waals surface area (Å²) in [7, 11) is -3.89. The Balaban J connectivity index is 1.71. The van der Waals surface area contributed by atoms with Crippen molar-refractivity contribution in [3.63, 3.8) is 0 Å². The molecule has 1 unspecified atom stereocenters. The van der Waals surface area contributed by atoms with Gasteiger partial charge in [0.15, 0.2) is 0 Å². The monoisotopic (exact) mass is 660 g/mol. The molecule has 0 bridgehead atoms. The summed E-state index contributed by atoms with van der Waals surface area (Å²) in [5.74, 6) is -2.67. The largest absolute Gasteiger partial charge is 0.481 e. The number of likely N-dealkylation sites (tertiary alicyclic amines) is 1. The number of nitrogens with zero attached hydrogens (tertiary/aromatic N) is 2. The molecule has 44 heavy (non-hydrogen) atoms. The molecule has 7 nitrogen and oxygen atoms in total.